The number of benzene rings is 1. The minimum atomic E-state index is -0.411. The van der Waals surface area contributed by atoms with Crippen molar-refractivity contribution in [2.45, 2.75) is 13.3 Å². The summed E-state index contributed by atoms with van der Waals surface area (Å²) in [6.07, 6.45) is 2.17. The Balaban J connectivity index is 2.12. The van der Waals surface area contributed by atoms with Gasteiger partial charge in [-0.15, -0.1) is 0 Å². The molecule has 84 valence electrons. The lowest BCUT2D eigenvalue weighted by Gasteiger charge is -2.03. The second-order valence-corrected chi connectivity index (χ2v) is 3.51. The van der Waals surface area contributed by atoms with Crippen molar-refractivity contribution in [1.29, 1.82) is 0 Å². The maximum absolute atomic E-state index is 11.4. The molecule has 4 nitrogen and oxygen atoms in total. The highest BCUT2D eigenvalue weighted by atomic mass is 16.6. The van der Waals surface area contributed by atoms with E-state index in [0.29, 0.717) is 12.3 Å². The van der Waals surface area contributed by atoms with Crippen LogP contribution in [0.4, 0.5) is 4.79 Å². The number of aromatic nitrogens is 1. The Morgan fingerprint density at radius 2 is 2.25 bits per heavy atom. The Kier molecular flexibility index (Phi) is 3.10. The van der Waals surface area contributed by atoms with Crippen LogP contribution in [0.25, 0.3) is 10.9 Å². The molecule has 16 heavy (non-hydrogen) atoms. The van der Waals surface area contributed by atoms with Crippen molar-refractivity contribution in [3.8, 4) is 5.75 Å². The third-order valence-electron chi connectivity index (χ3n) is 2.27. The molecular weight excluding hydrogens is 204 g/mol. The number of H-pyrrole nitrogens is 1. The van der Waals surface area contributed by atoms with Crippen molar-refractivity contribution in [3.05, 3.63) is 30.5 Å². The quantitative estimate of drug-likeness (QED) is 0.832. The second-order valence-electron chi connectivity index (χ2n) is 3.51. The highest BCUT2D eigenvalue weighted by Gasteiger charge is 2.08. The van der Waals surface area contributed by atoms with Crippen LogP contribution < -0.4 is 10.1 Å². The van der Waals surface area contributed by atoms with Gasteiger partial charge in [-0.3, -0.25) is 0 Å². The van der Waals surface area contributed by atoms with Crippen molar-refractivity contribution in [2.75, 3.05) is 6.54 Å². The van der Waals surface area contributed by atoms with Crippen molar-refractivity contribution in [3.63, 3.8) is 0 Å². The summed E-state index contributed by atoms with van der Waals surface area (Å²) in [5.74, 6) is 0.559. The number of ether oxygens (including phenoxy) is 1. The summed E-state index contributed by atoms with van der Waals surface area (Å²) in [4.78, 5) is 14.4. The molecule has 0 aliphatic rings. The SMILES string of the molecule is CCCNC(=O)Oc1c[nH]c2ccccc12. The predicted octanol–water partition coefficient (Wildman–Crippen LogP) is 2.67. The third kappa shape index (κ3) is 2.16. The Morgan fingerprint density at radius 1 is 1.44 bits per heavy atom. The largest absolute Gasteiger partial charge is 0.412 e. The van der Waals surface area contributed by atoms with Crippen LogP contribution >= 0.6 is 0 Å². The van der Waals surface area contributed by atoms with E-state index in [1.165, 1.54) is 0 Å². The van der Waals surface area contributed by atoms with E-state index in [1.807, 2.05) is 31.2 Å². The summed E-state index contributed by atoms with van der Waals surface area (Å²) >= 11 is 0. The Labute approximate surface area is 93.6 Å². The van der Waals surface area contributed by atoms with Crippen molar-refractivity contribution >= 4 is 17.0 Å². The predicted molar refractivity (Wildman–Crippen MR) is 62.6 cm³/mol. The molecule has 0 fully saturated rings. The number of para-hydroxylation sites is 1. The van der Waals surface area contributed by atoms with Gasteiger partial charge in [0.25, 0.3) is 0 Å². The molecule has 1 amide bonds. The number of aromatic amines is 1. The fourth-order valence-electron chi connectivity index (χ4n) is 1.49. The van der Waals surface area contributed by atoms with Crippen molar-refractivity contribution in [2.24, 2.45) is 0 Å². The monoisotopic (exact) mass is 218 g/mol. The molecule has 0 atom stereocenters. The van der Waals surface area contributed by atoms with Gasteiger partial charge < -0.3 is 15.0 Å². The maximum Gasteiger partial charge on any atom is 0.412 e. The number of hydrogen-bond donors (Lipinski definition) is 2. The average molecular weight is 218 g/mol. The fourth-order valence-corrected chi connectivity index (χ4v) is 1.49. The molecule has 1 heterocycles. The summed E-state index contributed by atoms with van der Waals surface area (Å²) in [5.41, 5.74) is 0.959. The van der Waals surface area contributed by atoms with Crippen LogP contribution in [0, 0.1) is 0 Å². The van der Waals surface area contributed by atoms with Gasteiger partial charge in [0, 0.05) is 23.6 Å². The molecule has 0 saturated carbocycles. The van der Waals surface area contributed by atoms with E-state index in [0.717, 1.165) is 17.3 Å². The Bertz CT molecular complexity index is 490. The van der Waals surface area contributed by atoms with E-state index in [-0.39, 0.29) is 0 Å². The zero-order valence-corrected chi connectivity index (χ0v) is 9.12. The van der Waals surface area contributed by atoms with Crippen LogP contribution in [0.2, 0.25) is 0 Å². The number of rotatable bonds is 3. The first-order valence-electron chi connectivity index (χ1n) is 5.33. The van der Waals surface area contributed by atoms with E-state index in [4.69, 9.17) is 4.74 Å². The van der Waals surface area contributed by atoms with Gasteiger partial charge in [-0.25, -0.2) is 4.79 Å². The first-order chi connectivity index (χ1) is 7.81. The minimum absolute atomic E-state index is 0.411. The Morgan fingerprint density at radius 3 is 3.06 bits per heavy atom. The molecule has 1 aromatic heterocycles. The van der Waals surface area contributed by atoms with E-state index in [1.54, 1.807) is 6.20 Å². The number of carbonyl (C=O) groups is 1. The number of hydrogen-bond acceptors (Lipinski definition) is 2. The van der Waals surface area contributed by atoms with Gasteiger partial charge in [-0.2, -0.15) is 0 Å². The Hall–Kier alpha value is -1.97. The van der Waals surface area contributed by atoms with E-state index in [2.05, 4.69) is 10.3 Å². The number of nitrogens with one attached hydrogen (secondary N) is 2. The smallest absolute Gasteiger partial charge is 0.408 e. The van der Waals surface area contributed by atoms with Crippen LogP contribution in [-0.4, -0.2) is 17.6 Å². The molecule has 4 heteroatoms. The summed E-state index contributed by atoms with van der Waals surface area (Å²) in [7, 11) is 0. The molecule has 2 aromatic rings. The lowest BCUT2D eigenvalue weighted by atomic mass is 10.2. The highest BCUT2D eigenvalue weighted by Crippen LogP contribution is 2.24. The zero-order valence-electron chi connectivity index (χ0n) is 9.12. The molecule has 0 spiro atoms. The molecule has 0 radical (unpaired) electrons. The van der Waals surface area contributed by atoms with Gasteiger partial charge >= 0.3 is 6.09 Å². The minimum Gasteiger partial charge on any atom is -0.408 e. The van der Waals surface area contributed by atoms with Gasteiger partial charge in [-0.1, -0.05) is 19.1 Å². The number of amides is 1. The zero-order chi connectivity index (χ0) is 11.4. The summed E-state index contributed by atoms with van der Waals surface area (Å²) in [5, 5.41) is 3.57. The fraction of sp³-hybridized carbons (Fsp3) is 0.250. The van der Waals surface area contributed by atoms with Crippen LogP contribution in [0.1, 0.15) is 13.3 Å². The molecule has 0 bridgehead atoms. The number of fused-ring (bicyclic) bond motifs is 1. The third-order valence-corrected chi connectivity index (χ3v) is 2.27. The molecule has 0 saturated heterocycles. The van der Waals surface area contributed by atoms with E-state index >= 15 is 0 Å². The second kappa shape index (κ2) is 4.70. The highest BCUT2D eigenvalue weighted by molar-refractivity contribution is 5.88. The van der Waals surface area contributed by atoms with Gasteiger partial charge in [0.1, 0.15) is 0 Å². The summed E-state index contributed by atoms with van der Waals surface area (Å²) < 4.78 is 5.19. The topological polar surface area (TPSA) is 54.1 Å². The summed E-state index contributed by atoms with van der Waals surface area (Å²) in [6.45, 7) is 2.62. The summed E-state index contributed by atoms with van der Waals surface area (Å²) in [6, 6.07) is 7.69. The van der Waals surface area contributed by atoms with Crippen LogP contribution in [0.5, 0.6) is 5.75 Å². The normalized spacial score (nSPS) is 10.3. The van der Waals surface area contributed by atoms with Crippen LogP contribution in [0.3, 0.4) is 0 Å². The van der Waals surface area contributed by atoms with Gasteiger partial charge in [-0.05, 0) is 18.6 Å². The number of carbonyl (C=O) groups excluding carboxylic acids is 1. The molecule has 0 unspecified atom stereocenters. The lowest BCUT2D eigenvalue weighted by molar-refractivity contribution is 0.201. The van der Waals surface area contributed by atoms with Crippen LogP contribution in [0.15, 0.2) is 30.5 Å². The molecule has 0 aliphatic heterocycles. The standard InChI is InChI=1S/C12H14N2O2/c1-2-7-13-12(15)16-11-8-14-10-6-4-3-5-9(10)11/h3-6,8,14H,2,7H2,1H3,(H,13,15). The van der Waals surface area contributed by atoms with Crippen molar-refractivity contribution < 1.29 is 9.53 Å². The van der Waals surface area contributed by atoms with E-state index < -0.39 is 6.09 Å². The molecule has 1 aromatic carbocycles. The molecule has 0 aliphatic carbocycles. The van der Waals surface area contributed by atoms with Crippen molar-refractivity contribution in [1.82, 2.24) is 10.3 Å². The lowest BCUT2D eigenvalue weighted by Crippen LogP contribution is -2.27. The molecule has 2 N–H and O–H groups in total. The van der Waals surface area contributed by atoms with E-state index in [9.17, 15) is 4.79 Å². The van der Waals surface area contributed by atoms with Crippen LogP contribution in [-0.2, 0) is 0 Å². The van der Waals surface area contributed by atoms with Gasteiger partial charge in [0.2, 0.25) is 0 Å². The van der Waals surface area contributed by atoms with Gasteiger partial charge in [0.15, 0.2) is 5.75 Å². The molecular formula is C12H14N2O2. The molecule has 2 rings (SSSR count). The average Bonchev–Trinajstić information content (AvgIpc) is 2.70. The first-order valence-corrected chi connectivity index (χ1v) is 5.33. The maximum atomic E-state index is 11.4. The first kappa shape index (κ1) is 10.5. The van der Waals surface area contributed by atoms with Gasteiger partial charge in [0.05, 0.1) is 0 Å².